The second-order valence-electron chi connectivity index (χ2n) is 4.75. The minimum absolute atomic E-state index is 0.125. The lowest BCUT2D eigenvalue weighted by Crippen LogP contribution is -2.25. The maximum Gasteiger partial charge on any atom is 0.328 e. The van der Waals surface area contributed by atoms with Gasteiger partial charge in [-0.3, -0.25) is 19.6 Å². The van der Waals surface area contributed by atoms with Crippen LogP contribution in [0.1, 0.15) is 11.1 Å². The highest BCUT2D eigenvalue weighted by Crippen LogP contribution is 2.27. The van der Waals surface area contributed by atoms with Crippen molar-refractivity contribution in [1.29, 1.82) is 0 Å². The lowest BCUT2D eigenvalue weighted by molar-refractivity contribution is -0.111. The van der Waals surface area contributed by atoms with Gasteiger partial charge in [-0.2, -0.15) is 5.10 Å². The first-order chi connectivity index (χ1) is 11.0. The molecule has 0 saturated heterocycles. The number of aromatic hydroxyl groups is 1. The number of amides is 1. The van der Waals surface area contributed by atoms with E-state index in [0.29, 0.717) is 11.3 Å². The van der Waals surface area contributed by atoms with Crippen molar-refractivity contribution in [3.63, 3.8) is 0 Å². The zero-order valence-electron chi connectivity index (χ0n) is 11.9. The molecule has 3 rings (SSSR count). The van der Waals surface area contributed by atoms with E-state index in [1.54, 1.807) is 31.3 Å². The number of nitrogens with zero attached hydrogens (tertiary/aromatic N) is 3. The van der Waals surface area contributed by atoms with Gasteiger partial charge in [-0.25, -0.2) is 4.79 Å². The number of likely N-dealkylation sites (N-methyl/N-ethyl adjacent to an activating group) is 1. The first-order valence-electron chi connectivity index (χ1n) is 6.53. The predicted octanol–water partition coefficient (Wildman–Crippen LogP) is -0.432. The quantitative estimate of drug-likeness (QED) is 0.512. The summed E-state index contributed by atoms with van der Waals surface area (Å²) in [5.41, 5.74) is -0.461. The Kier molecular flexibility index (Phi) is 3.37. The molecule has 0 unspecified atom stereocenters. The Hall–Kier alpha value is -3.49. The number of carbonyl (C=O) groups is 1. The van der Waals surface area contributed by atoms with E-state index < -0.39 is 17.1 Å². The third-order valence-electron chi connectivity index (χ3n) is 3.33. The summed E-state index contributed by atoms with van der Waals surface area (Å²) in [7, 11) is 1.62. The molecule has 1 amide bonds. The molecule has 1 aliphatic rings. The van der Waals surface area contributed by atoms with E-state index in [0.717, 1.165) is 6.21 Å². The second-order valence-corrected chi connectivity index (χ2v) is 4.75. The molecule has 1 aliphatic heterocycles. The summed E-state index contributed by atoms with van der Waals surface area (Å²) in [6, 6.07) is 7.07. The Bertz CT molecular complexity index is 970. The number of benzene rings is 1. The SMILES string of the molecule is CN1C(=O)C(=NN=Cc2c(O)[nH]c(=O)[nH]c2=O)c2ccccc21. The van der Waals surface area contributed by atoms with E-state index in [2.05, 4.69) is 10.2 Å². The minimum atomic E-state index is -0.836. The monoisotopic (exact) mass is 313 g/mol. The number of aromatic nitrogens is 2. The van der Waals surface area contributed by atoms with Crippen LogP contribution in [0.25, 0.3) is 0 Å². The third kappa shape index (κ3) is 2.44. The van der Waals surface area contributed by atoms with Crippen molar-refractivity contribution < 1.29 is 9.90 Å². The van der Waals surface area contributed by atoms with Gasteiger partial charge in [0.25, 0.3) is 11.5 Å². The fourth-order valence-corrected chi connectivity index (χ4v) is 2.19. The van der Waals surface area contributed by atoms with Crippen molar-refractivity contribution in [3.05, 3.63) is 56.2 Å². The summed E-state index contributed by atoms with van der Waals surface area (Å²) in [5, 5.41) is 17.0. The number of hydrogen-bond acceptors (Lipinski definition) is 6. The number of fused-ring (bicyclic) bond motifs is 1. The van der Waals surface area contributed by atoms with Crippen molar-refractivity contribution in [1.82, 2.24) is 9.97 Å². The highest BCUT2D eigenvalue weighted by molar-refractivity contribution is 6.54. The summed E-state index contributed by atoms with van der Waals surface area (Å²) >= 11 is 0. The van der Waals surface area contributed by atoms with Gasteiger partial charge in [-0.15, -0.1) is 5.10 Å². The standard InChI is InChI=1S/C14H11N5O4/c1-19-9-5-3-2-4-7(9)10(13(19)22)18-15-6-8-11(20)16-14(23)17-12(8)21/h2-6H,1H3,(H3,16,17,20,21,23). The first kappa shape index (κ1) is 14.4. The van der Waals surface area contributed by atoms with Crippen molar-refractivity contribution >= 4 is 23.5 Å². The Balaban J connectivity index is 2.00. The Morgan fingerprint density at radius 3 is 2.65 bits per heavy atom. The van der Waals surface area contributed by atoms with Crippen molar-refractivity contribution in [2.75, 3.05) is 11.9 Å². The number of carbonyl (C=O) groups excluding carboxylic acids is 1. The average molecular weight is 313 g/mol. The van der Waals surface area contributed by atoms with Gasteiger partial charge in [0.1, 0.15) is 5.56 Å². The highest BCUT2D eigenvalue weighted by Gasteiger charge is 2.30. The van der Waals surface area contributed by atoms with E-state index >= 15 is 0 Å². The molecule has 1 aromatic heterocycles. The molecular formula is C14H11N5O4. The Labute approximate surface area is 128 Å². The molecule has 0 fully saturated rings. The summed E-state index contributed by atoms with van der Waals surface area (Å²) < 4.78 is 0. The summed E-state index contributed by atoms with van der Waals surface area (Å²) in [6.45, 7) is 0. The fourth-order valence-electron chi connectivity index (χ4n) is 2.19. The van der Waals surface area contributed by atoms with Crippen LogP contribution < -0.4 is 16.1 Å². The fraction of sp³-hybridized carbons (Fsp3) is 0.0714. The smallest absolute Gasteiger partial charge is 0.328 e. The van der Waals surface area contributed by atoms with Crippen LogP contribution in [0.2, 0.25) is 0 Å². The molecule has 0 spiro atoms. The summed E-state index contributed by atoms with van der Waals surface area (Å²) in [5.74, 6) is -0.957. The van der Waals surface area contributed by atoms with E-state index in [4.69, 9.17) is 0 Å². The van der Waals surface area contributed by atoms with Crippen LogP contribution in [0.4, 0.5) is 5.69 Å². The second kappa shape index (κ2) is 5.37. The molecule has 0 aliphatic carbocycles. The molecule has 2 heterocycles. The zero-order valence-corrected chi connectivity index (χ0v) is 11.9. The molecule has 0 saturated carbocycles. The maximum atomic E-state index is 12.1. The zero-order chi connectivity index (χ0) is 16.6. The summed E-state index contributed by atoms with van der Waals surface area (Å²) in [6.07, 6.45) is 0.964. The van der Waals surface area contributed by atoms with Crippen LogP contribution in [0.3, 0.4) is 0 Å². The molecule has 2 aromatic rings. The molecule has 23 heavy (non-hydrogen) atoms. The Morgan fingerprint density at radius 1 is 1.17 bits per heavy atom. The van der Waals surface area contributed by atoms with Crippen LogP contribution in [0.15, 0.2) is 44.1 Å². The molecule has 9 heteroatoms. The minimum Gasteiger partial charge on any atom is -0.494 e. The van der Waals surface area contributed by atoms with Crippen LogP contribution in [0.5, 0.6) is 5.88 Å². The maximum absolute atomic E-state index is 12.1. The number of H-pyrrole nitrogens is 2. The highest BCUT2D eigenvalue weighted by atomic mass is 16.3. The van der Waals surface area contributed by atoms with E-state index in [9.17, 15) is 19.5 Å². The van der Waals surface area contributed by atoms with Crippen LogP contribution in [-0.4, -0.2) is 40.0 Å². The van der Waals surface area contributed by atoms with E-state index in [-0.39, 0.29) is 17.2 Å². The van der Waals surface area contributed by atoms with Gasteiger partial charge < -0.3 is 10.0 Å². The number of hydrogen-bond donors (Lipinski definition) is 3. The van der Waals surface area contributed by atoms with Gasteiger partial charge in [0.05, 0.1) is 11.9 Å². The van der Waals surface area contributed by atoms with Gasteiger partial charge >= 0.3 is 5.69 Å². The van der Waals surface area contributed by atoms with Crippen molar-refractivity contribution in [2.45, 2.75) is 0 Å². The van der Waals surface area contributed by atoms with Crippen LogP contribution >= 0.6 is 0 Å². The lowest BCUT2D eigenvalue weighted by atomic mass is 10.1. The molecule has 1 aromatic carbocycles. The van der Waals surface area contributed by atoms with Gasteiger partial charge in [0.2, 0.25) is 5.88 Å². The van der Waals surface area contributed by atoms with Crippen molar-refractivity contribution in [2.24, 2.45) is 10.2 Å². The van der Waals surface area contributed by atoms with E-state index in [1.807, 2.05) is 9.97 Å². The van der Waals surface area contributed by atoms with Gasteiger partial charge in [0, 0.05) is 12.6 Å². The van der Waals surface area contributed by atoms with Gasteiger partial charge in [-0.05, 0) is 6.07 Å². The Morgan fingerprint density at radius 2 is 1.91 bits per heavy atom. The molecule has 9 nitrogen and oxygen atoms in total. The molecular weight excluding hydrogens is 302 g/mol. The number of nitrogens with one attached hydrogen (secondary N) is 2. The van der Waals surface area contributed by atoms with Gasteiger partial charge in [0.15, 0.2) is 5.71 Å². The largest absolute Gasteiger partial charge is 0.494 e. The molecule has 0 atom stereocenters. The van der Waals surface area contributed by atoms with Gasteiger partial charge in [-0.1, -0.05) is 18.2 Å². The van der Waals surface area contributed by atoms with Crippen LogP contribution in [-0.2, 0) is 4.79 Å². The number of anilines is 1. The third-order valence-corrected chi connectivity index (χ3v) is 3.33. The molecule has 116 valence electrons. The first-order valence-corrected chi connectivity index (χ1v) is 6.53. The lowest BCUT2D eigenvalue weighted by Gasteiger charge is -2.07. The molecule has 0 bridgehead atoms. The number of rotatable bonds is 2. The average Bonchev–Trinajstić information content (AvgIpc) is 2.75. The number of aromatic amines is 2. The van der Waals surface area contributed by atoms with Crippen LogP contribution in [0, 0.1) is 0 Å². The topological polar surface area (TPSA) is 131 Å². The molecule has 3 N–H and O–H groups in total. The summed E-state index contributed by atoms with van der Waals surface area (Å²) in [4.78, 5) is 40.1. The van der Waals surface area contributed by atoms with Crippen molar-refractivity contribution in [3.8, 4) is 5.88 Å². The predicted molar refractivity (Wildman–Crippen MR) is 83.3 cm³/mol. The van der Waals surface area contributed by atoms with E-state index in [1.165, 1.54) is 4.90 Å². The number of para-hydroxylation sites is 1. The normalized spacial score (nSPS) is 15.6. The molecule has 0 radical (unpaired) electrons.